The normalized spacial score (nSPS) is 17.2. The van der Waals surface area contributed by atoms with Gasteiger partial charge >= 0.3 is 15.3 Å². The number of rotatable bonds is 2. The van der Waals surface area contributed by atoms with Crippen molar-refractivity contribution in [1.29, 1.82) is 0 Å². The summed E-state index contributed by atoms with van der Waals surface area (Å²) in [5, 5.41) is 3.62. The van der Waals surface area contributed by atoms with Gasteiger partial charge in [-0.2, -0.15) is 12.8 Å². The number of alkyl halides is 2. The summed E-state index contributed by atoms with van der Waals surface area (Å²) < 4.78 is 49.6. The van der Waals surface area contributed by atoms with Crippen LogP contribution in [0.1, 0.15) is 0 Å². The van der Waals surface area contributed by atoms with Gasteiger partial charge in [-0.15, -0.1) is 0 Å². The van der Waals surface area contributed by atoms with Gasteiger partial charge in [-0.25, -0.2) is 4.39 Å². The molecule has 1 radical (unpaired) electrons. The molecule has 10 heavy (non-hydrogen) atoms. The Morgan fingerprint density at radius 3 is 1.80 bits per heavy atom. The average Bonchev–Trinajstić information content (AvgIpc) is 1.64. The van der Waals surface area contributed by atoms with Gasteiger partial charge in [0, 0.05) is 29.6 Å². The minimum atomic E-state index is -5.34. The summed E-state index contributed by atoms with van der Waals surface area (Å²) in [5.74, 6) is 0. The van der Waals surface area contributed by atoms with Crippen LogP contribution in [0.15, 0.2) is 0 Å². The van der Waals surface area contributed by atoms with E-state index in [1.165, 1.54) is 0 Å². The van der Waals surface area contributed by atoms with Gasteiger partial charge < -0.3 is 5.11 Å². The van der Waals surface area contributed by atoms with Crippen LogP contribution in [0.5, 0.6) is 0 Å². The minimum absolute atomic E-state index is 0. The summed E-state index contributed by atoms with van der Waals surface area (Å²) >= 11 is 0. The Bertz CT molecular complexity index is 187. The van der Waals surface area contributed by atoms with Crippen molar-refractivity contribution in [3.63, 3.8) is 0 Å². The molecular weight excluding hydrogens is 181 g/mol. The summed E-state index contributed by atoms with van der Waals surface area (Å²) in [6.07, 6.45) is 0. The van der Waals surface area contributed by atoms with E-state index in [4.69, 9.17) is 9.66 Å². The Morgan fingerprint density at radius 2 is 1.80 bits per heavy atom. The van der Waals surface area contributed by atoms with Crippen LogP contribution in [-0.2, 0) is 10.1 Å². The third-order valence-electron chi connectivity index (χ3n) is 0.560. The molecule has 0 aliphatic carbocycles. The topological polar surface area (TPSA) is 74.6 Å². The van der Waals surface area contributed by atoms with Crippen LogP contribution in [-0.4, -0.2) is 59.5 Å². The molecule has 0 aliphatic rings. The van der Waals surface area contributed by atoms with Crippen molar-refractivity contribution >= 4 is 39.7 Å². The number of aliphatic hydroxyl groups is 1. The molecule has 0 heterocycles. The van der Waals surface area contributed by atoms with Crippen molar-refractivity contribution < 1.29 is 26.9 Å². The number of hydrogen-bond donors (Lipinski definition) is 2. The van der Waals surface area contributed by atoms with E-state index >= 15 is 0 Å². The van der Waals surface area contributed by atoms with Gasteiger partial charge in [-0.05, 0) is 0 Å². The Labute approximate surface area is 78.3 Å². The first-order chi connectivity index (χ1) is 3.81. The van der Waals surface area contributed by atoms with Crippen LogP contribution in [0.4, 0.5) is 8.78 Å². The zero-order valence-corrected chi connectivity index (χ0v) is 7.90. The summed E-state index contributed by atoms with van der Waals surface area (Å²) in [6.45, 7) is -2.19. The van der Waals surface area contributed by atoms with E-state index in [-0.39, 0.29) is 29.6 Å². The molecule has 0 aromatic carbocycles. The molecule has 1 atom stereocenters. The molecule has 0 spiro atoms. The quantitative estimate of drug-likeness (QED) is 0.431. The fourth-order valence-electron chi connectivity index (χ4n) is 0.0689. The second kappa shape index (κ2) is 3.93. The van der Waals surface area contributed by atoms with Crippen LogP contribution >= 0.6 is 0 Å². The van der Waals surface area contributed by atoms with Crippen molar-refractivity contribution in [1.82, 2.24) is 0 Å². The van der Waals surface area contributed by atoms with Crippen molar-refractivity contribution in [2.24, 2.45) is 0 Å². The molecule has 0 saturated heterocycles. The smallest absolute Gasteiger partial charge is 0.346 e. The van der Waals surface area contributed by atoms with Crippen LogP contribution in [0.2, 0.25) is 0 Å². The third kappa shape index (κ3) is 3.22. The van der Waals surface area contributed by atoms with Crippen molar-refractivity contribution in [3.8, 4) is 0 Å². The van der Waals surface area contributed by atoms with E-state index < -0.39 is 22.0 Å². The van der Waals surface area contributed by atoms with Gasteiger partial charge in [0.15, 0.2) is 6.67 Å². The molecule has 0 aromatic heterocycles. The van der Waals surface area contributed by atoms with Crippen molar-refractivity contribution in [2.45, 2.75) is 5.19 Å². The molecule has 1 unspecified atom stereocenters. The standard InChI is InChI=1S/C2H4F2O4S.Na/c3-1-2(4,5)9(6,7)8;/h5H,1H2,(H,6,7,8);. The zero-order chi connectivity index (χ0) is 7.71. The Balaban J connectivity index is 0. The molecule has 0 aliphatic heterocycles. The first kappa shape index (κ1) is 13.3. The maximum Gasteiger partial charge on any atom is 0.362 e. The van der Waals surface area contributed by atoms with Gasteiger partial charge in [0.05, 0.1) is 0 Å². The van der Waals surface area contributed by atoms with Gasteiger partial charge in [0.25, 0.3) is 0 Å². The summed E-state index contributed by atoms with van der Waals surface area (Å²) in [6, 6.07) is 0. The van der Waals surface area contributed by atoms with Gasteiger partial charge in [-0.3, -0.25) is 4.55 Å². The van der Waals surface area contributed by atoms with E-state index in [1.54, 1.807) is 0 Å². The predicted molar refractivity (Wildman–Crippen MR) is 29.3 cm³/mol. The molecule has 0 saturated carbocycles. The largest absolute Gasteiger partial charge is 0.362 e. The summed E-state index contributed by atoms with van der Waals surface area (Å²) in [4.78, 5) is 0. The molecule has 0 fully saturated rings. The van der Waals surface area contributed by atoms with Gasteiger partial charge in [0.2, 0.25) is 0 Å². The second-order valence-electron chi connectivity index (χ2n) is 1.30. The van der Waals surface area contributed by atoms with Gasteiger partial charge in [0.1, 0.15) is 0 Å². The molecule has 0 amide bonds. The molecular formula is C2H4F2NaO4S. The Hall–Kier alpha value is 0.730. The molecule has 0 aromatic rings. The fourth-order valence-corrected chi connectivity index (χ4v) is 0.207. The molecule has 8 heteroatoms. The molecule has 0 rings (SSSR count). The van der Waals surface area contributed by atoms with E-state index in [2.05, 4.69) is 0 Å². The second-order valence-corrected chi connectivity index (χ2v) is 2.87. The summed E-state index contributed by atoms with van der Waals surface area (Å²) in [5.41, 5.74) is 0. The zero-order valence-electron chi connectivity index (χ0n) is 5.08. The van der Waals surface area contributed by atoms with Crippen LogP contribution in [0, 0.1) is 0 Å². The Morgan fingerprint density at radius 1 is 1.50 bits per heavy atom. The van der Waals surface area contributed by atoms with Crippen molar-refractivity contribution in [3.05, 3.63) is 0 Å². The van der Waals surface area contributed by atoms with E-state index in [0.29, 0.717) is 0 Å². The number of hydrogen-bond acceptors (Lipinski definition) is 3. The fraction of sp³-hybridized carbons (Fsp3) is 1.00. The molecule has 2 N–H and O–H groups in total. The first-order valence-corrected chi connectivity index (χ1v) is 3.19. The molecule has 0 bridgehead atoms. The summed E-state index contributed by atoms with van der Waals surface area (Å²) in [7, 11) is -5.34. The van der Waals surface area contributed by atoms with E-state index in [1.807, 2.05) is 0 Å². The van der Waals surface area contributed by atoms with E-state index in [0.717, 1.165) is 0 Å². The van der Waals surface area contributed by atoms with Crippen LogP contribution < -0.4 is 0 Å². The maximum absolute atomic E-state index is 11.7. The van der Waals surface area contributed by atoms with E-state index in [9.17, 15) is 17.2 Å². The maximum atomic E-state index is 11.7. The van der Waals surface area contributed by atoms with Gasteiger partial charge in [-0.1, -0.05) is 0 Å². The minimum Gasteiger partial charge on any atom is -0.346 e. The van der Waals surface area contributed by atoms with Crippen molar-refractivity contribution in [2.75, 3.05) is 6.67 Å². The monoisotopic (exact) mass is 185 g/mol. The average molecular weight is 185 g/mol. The Kier molecular flexibility index (Phi) is 5.24. The van der Waals surface area contributed by atoms with Crippen LogP contribution in [0.3, 0.4) is 0 Å². The molecule has 57 valence electrons. The SMILES string of the molecule is O=S(=O)(O)C(O)(F)CF.[Na]. The van der Waals surface area contributed by atoms with Crippen LogP contribution in [0.25, 0.3) is 0 Å². The predicted octanol–water partition coefficient (Wildman–Crippen LogP) is -0.921. The number of halogens is 2. The first-order valence-electron chi connectivity index (χ1n) is 1.75. The molecule has 4 nitrogen and oxygen atoms in total. The third-order valence-corrected chi connectivity index (χ3v) is 1.46.